The van der Waals surface area contributed by atoms with Crippen molar-refractivity contribution in [1.82, 2.24) is 5.32 Å². The van der Waals surface area contributed by atoms with Crippen LogP contribution in [-0.4, -0.2) is 32.8 Å². The van der Waals surface area contributed by atoms with Gasteiger partial charge < -0.3 is 10.6 Å². The molecule has 110 valence electrons. The molecule has 1 spiro atoms. The molecule has 1 heterocycles. The minimum atomic E-state index is -3.10. The van der Waals surface area contributed by atoms with Gasteiger partial charge >= 0.3 is 0 Å². The van der Waals surface area contributed by atoms with Crippen LogP contribution in [0.2, 0.25) is 0 Å². The number of sulfone groups is 1. The van der Waals surface area contributed by atoms with Crippen LogP contribution in [0.1, 0.15) is 32.1 Å². The Morgan fingerprint density at radius 3 is 2.50 bits per heavy atom. The molecule has 2 aliphatic rings. The van der Waals surface area contributed by atoms with Gasteiger partial charge in [-0.25, -0.2) is 8.42 Å². The lowest BCUT2D eigenvalue weighted by atomic mass is 9.70. The van der Waals surface area contributed by atoms with Gasteiger partial charge in [0.25, 0.3) is 0 Å². The standard InChI is InChI=1S/C15H22N2O2S/c1-20(18,19)14-5-3-12(4-6-14)17-13-7-10-16-15(11-13)8-2-9-15/h3-6,13,16-17H,2,7-11H2,1H3. The third kappa shape index (κ3) is 2.83. The summed E-state index contributed by atoms with van der Waals surface area (Å²) in [6.07, 6.45) is 7.44. The molecule has 1 aliphatic heterocycles. The van der Waals surface area contributed by atoms with Gasteiger partial charge in [-0.15, -0.1) is 0 Å². The van der Waals surface area contributed by atoms with Crippen LogP contribution in [0.5, 0.6) is 0 Å². The molecule has 0 bridgehead atoms. The lowest BCUT2D eigenvalue weighted by Crippen LogP contribution is -2.58. The van der Waals surface area contributed by atoms with Gasteiger partial charge in [-0.1, -0.05) is 0 Å². The van der Waals surface area contributed by atoms with E-state index >= 15 is 0 Å². The first-order valence-corrected chi connectivity index (χ1v) is 9.18. The highest BCUT2D eigenvalue weighted by molar-refractivity contribution is 7.90. The molecule has 1 aromatic carbocycles. The second kappa shape index (κ2) is 5.04. The molecular weight excluding hydrogens is 272 g/mol. The van der Waals surface area contributed by atoms with E-state index in [9.17, 15) is 8.42 Å². The monoisotopic (exact) mass is 294 g/mol. The minimum absolute atomic E-state index is 0.378. The lowest BCUT2D eigenvalue weighted by Gasteiger charge is -2.48. The Labute approximate surface area is 120 Å². The summed E-state index contributed by atoms with van der Waals surface area (Å²) >= 11 is 0. The summed E-state index contributed by atoms with van der Waals surface area (Å²) in [5.41, 5.74) is 1.39. The van der Waals surface area contributed by atoms with Gasteiger partial charge in [0.15, 0.2) is 9.84 Å². The van der Waals surface area contributed by atoms with Crippen molar-refractivity contribution in [3.05, 3.63) is 24.3 Å². The molecule has 20 heavy (non-hydrogen) atoms. The Bertz CT molecular complexity index is 576. The van der Waals surface area contributed by atoms with Crippen molar-refractivity contribution in [2.75, 3.05) is 18.1 Å². The molecule has 0 amide bonds. The number of hydrogen-bond donors (Lipinski definition) is 2. The van der Waals surface area contributed by atoms with Crippen LogP contribution in [0.15, 0.2) is 29.2 Å². The summed E-state index contributed by atoms with van der Waals surface area (Å²) in [6, 6.07) is 7.58. The van der Waals surface area contributed by atoms with Crippen LogP contribution in [0, 0.1) is 0 Å². The first kappa shape index (κ1) is 13.9. The molecule has 4 nitrogen and oxygen atoms in total. The van der Waals surface area contributed by atoms with Crippen molar-refractivity contribution >= 4 is 15.5 Å². The average molecular weight is 294 g/mol. The van der Waals surface area contributed by atoms with Crippen molar-refractivity contribution in [2.45, 2.75) is 48.6 Å². The van der Waals surface area contributed by atoms with Crippen LogP contribution in [-0.2, 0) is 9.84 Å². The summed E-state index contributed by atoms with van der Waals surface area (Å²) in [5.74, 6) is 0. The zero-order chi connectivity index (χ0) is 14.2. The highest BCUT2D eigenvalue weighted by Gasteiger charge is 2.40. The van der Waals surface area contributed by atoms with Crippen molar-refractivity contribution in [2.24, 2.45) is 0 Å². The first-order valence-electron chi connectivity index (χ1n) is 7.29. The van der Waals surface area contributed by atoms with E-state index in [4.69, 9.17) is 0 Å². The quantitative estimate of drug-likeness (QED) is 0.897. The molecule has 2 N–H and O–H groups in total. The fraction of sp³-hybridized carbons (Fsp3) is 0.600. The maximum Gasteiger partial charge on any atom is 0.175 e. The van der Waals surface area contributed by atoms with Crippen molar-refractivity contribution < 1.29 is 8.42 Å². The SMILES string of the molecule is CS(=O)(=O)c1ccc(NC2CCNC3(CCC3)C2)cc1. The number of rotatable bonds is 3. The summed E-state index contributed by atoms with van der Waals surface area (Å²) < 4.78 is 22.9. The summed E-state index contributed by atoms with van der Waals surface area (Å²) in [7, 11) is -3.10. The molecule has 1 saturated carbocycles. The van der Waals surface area contributed by atoms with Crippen LogP contribution >= 0.6 is 0 Å². The lowest BCUT2D eigenvalue weighted by molar-refractivity contribution is 0.135. The van der Waals surface area contributed by atoms with E-state index in [0.29, 0.717) is 16.5 Å². The van der Waals surface area contributed by atoms with Gasteiger partial charge in [-0.05, 0) is 62.9 Å². The van der Waals surface area contributed by atoms with E-state index in [1.807, 2.05) is 12.1 Å². The maximum atomic E-state index is 11.4. The fourth-order valence-corrected chi connectivity index (χ4v) is 3.93. The number of benzene rings is 1. The van der Waals surface area contributed by atoms with Crippen LogP contribution in [0.3, 0.4) is 0 Å². The third-order valence-electron chi connectivity index (χ3n) is 4.59. The van der Waals surface area contributed by atoms with Crippen LogP contribution in [0.25, 0.3) is 0 Å². The first-order chi connectivity index (χ1) is 9.47. The number of nitrogens with one attached hydrogen (secondary N) is 2. The molecule has 1 atom stereocenters. The molecule has 0 aromatic heterocycles. The molecule has 3 rings (SSSR count). The van der Waals surface area contributed by atoms with E-state index in [0.717, 1.165) is 18.7 Å². The van der Waals surface area contributed by atoms with Crippen LogP contribution < -0.4 is 10.6 Å². The summed E-state index contributed by atoms with van der Waals surface area (Å²) in [4.78, 5) is 0.379. The predicted molar refractivity (Wildman–Crippen MR) is 80.8 cm³/mol. The molecule has 1 aromatic rings. The van der Waals surface area contributed by atoms with Crippen LogP contribution in [0.4, 0.5) is 5.69 Å². The van der Waals surface area contributed by atoms with Gasteiger partial charge in [0.2, 0.25) is 0 Å². The second-order valence-electron chi connectivity index (χ2n) is 6.19. The topological polar surface area (TPSA) is 58.2 Å². The van der Waals surface area contributed by atoms with Crippen molar-refractivity contribution in [1.29, 1.82) is 0 Å². The van der Waals surface area contributed by atoms with Gasteiger partial charge in [-0.2, -0.15) is 0 Å². The van der Waals surface area contributed by atoms with E-state index in [-0.39, 0.29) is 0 Å². The highest BCUT2D eigenvalue weighted by Crippen LogP contribution is 2.38. The third-order valence-corrected chi connectivity index (χ3v) is 5.72. The number of piperidine rings is 1. The molecule has 1 aliphatic carbocycles. The molecular formula is C15H22N2O2S. The Kier molecular flexibility index (Phi) is 3.50. The van der Waals surface area contributed by atoms with E-state index < -0.39 is 9.84 Å². The Morgan fingerprint density at radius 2 is 1.95 bits per heavy atom. The minimum Gasteiger partial charge on any atom is -0.382 e. The van der Waals surface area contributed by atoms with E-state index in [2.05, 4.69) is 10.6 Å². The fourth-order valence-electron chi connectivity index (χ4n) is 3.30. The Morgan fingerprint density at radius 1 is 1.25 bits per heavy atom. The normalized spacial score (nSPS) is 25.1. The highest BCUT2D eigenvalue weighted by atomic mass is 32.2. The number of anilines is 1. The van der Waals surface area contributed by atoms with Crippen molar-refractivity contribution in [3.63, 3.8) is 0 Å². The zero-order valence-electron chi connectivity index (χ0n) is 11.9. The van der Waals surface area contributed by atoms with E-state index in [1.165, 1.54) is 31.9 Å². The summed E-state index contributed by atoms with van der Waals surface area (Å²) in [6.45, 7) is 1.07. The number of hydrogen-bond acceptors (Lipinski definition) is 4. The van der Waals surface area contributed by atoms with Gasteiger partial charge in [-0.3, -0.25) is 0 Å². The van der Waals surface area contributed by atoms with Gasteiger partial charge in [0.1, 0.15) is 0 Å². The van der Waals surface area contributed by atoms with Gasteiger partial charge in [0, 0.05) is 23.5 Å². The molecule has 1 saturated heterocycles. The maximum absolute atomic E-state index is 11.4. The van der Waals surface area contributed by atoms with E-state index in [1.54, 1.807) is 12.1 Å². The zero-order valence-corrected chi connectivity index (χ0v) is 12.7. The van der Waals surface area contributed by atoms with Crippen molar-refractivity contribution in [3.8, 4) is 0 Å². The molecule has 5 heteroatoms. The van der Waals surface area contributed by atoms with Gasteiger partial charge in [0.05, 0.1) is 4.90 Å². The molecule has 0 radical (unpaired) electrons. The smallest absolute Gasteiger partial charge is 0.175 e. The Hall–Kier alpha value is -1.07. The molecule has 1 unspecified atom stereocenters. The average Bonchev–Trinajstić information content (AvgIpc) is 2.37. The summed E-state index contributed by atoms with van der Waals surface area (Å²) in [5, 5.41) is 7.21. The largest absolute Gasteiger partial charge is 0.382 e. The Balaban J connectivity index is 1.65. The predicted octanol–water partition coefficient (Wildman–Crippen LogP) is 2.18. The second-order valence-corrected chi connectivity index (χ2v) is 8.21. The molecule has 2 fully saturated rings.